The average Bonchev–Trinajstić information content (AvgIpc) is 2.40. The second-order valence-electron chi connectivity index (χ2n) is 4.35. The number of rotatable bonds is 5. The van der Waals surface area contributed by atoms with Crippen molar-refractivity contribution in [3.05, 3.63) is 33.4 Å². The molecule has 0 saturated heterocycles. The first-order valence-electron chi connectivity index (χ1n) is 6.25. The van der Waals surface area contributed by atoms with E-state index in [9.17, 15) is 4.79 Å². The van der Waals surface area contributed by atoms with Crippen LogP contribution in [0.5, 0.6) is 5.75 Å². The molecule has 2 N–H and O–H groups in total. The fourth-order valence-electron chi connectivity index (χ4n) is 1.77. The van der Waals surface area contributed by atoms with Gasteiger partial charge in [0.2, 0.25) is 0 Å². The standard InChI is InChI=1S/C14H14BrClN2O2/c1-2-3-4-20-12-5-8-11(6-10(12)16)18-7-9(13(8)15)14(17)19/h5-7H,2-4H2,1H3,(H2,17,19). The molecular weight excluding hydrogens is 344 g/mol. The molecule has 20 heavy (non-hydrogen) atoms. The lowest BCUT2D eigenvalue weighted by atomic mass is 10.1. The van der Waals surface area contributed by atoms with Gasteiger partial charge in [-0.15, -0.1) is 0 Å². The van der Waals surface area contributed by atoms with Crippen LogP contribution in [-0.2, 0) is 0 Å². The number of unbranched alkanes of at least 4 members (excludes halogenated alkanes) is 1. The van der Waals surface area contributed by atoms with Crippen molar-refractivity contribution in [3.63, 3.8) is 0 Å². The molecule has 1 amide bonds. The fourth-order valence-corrected chi connectivity index (χ4v) is 2.60. The number of aromatic nitrogens is 1. The maximum absolute atomic E-state index is 11.3. The van der Waals surface area contributed by atoms with Gasteiger partial charge >= 0.3 is 0 Å². The van der Waals surface area contributed by atoms with Gasteiger partial charge in [-0.3, -0.25) is 9.78 Å². The molecule has 2 rings (SSSR count). The summed E-state index contributed by atoms with van der Waals surface area (Å²) in [5, 5.41) is 1.25. The van der Waals surface area contributed by atoms with E-state index in [1.165, 1.54) is 6.20 Å². The van der Waals surface area contributed by atoms with Gasteiger partial charge < -0.3 is 10.5 Å². The summed E-state index contributed by atoms with van der Waals surface area (Å²) in [4.78, 5) is 15.5. The van der Waals surface area contributed by atoms with E-state index in [1.54, 1.807) is 12.1 Å². The molecule has 0 atom stereocenters. The van der Waals surface area contributed by atoms with Crippen LogP contribution in [0, 0.1) is 0 Å². The van der Waals surface area contributed by atoms with Crippen LogP contribution in [0.25, 0.3) is 10.9 Å². The van der Waals surface area contributed by atoms with E-state index in [2.05, 4.69) is 27.8 Å². The lowest BCUT2D eigenvalue weighted by Gasteiger charge is -2.10. The maximum Gasteiger partial charge on any atom is 0.251 e. The van der Waals surface area contributed by atoms with E-state index < -0.39 is 5.91 Å². The van der Waals surface area contributed by atoms with Gasteiger partial charge in [-0.25, -0.2) is 0 Å². The van der Waals surface area contributed by atoms with Crippen molar-refractivity contribution in [2.45, 2.75) is 19.8 Å². The first kappa shape index (κ1) is 15.1. The molecule has 6 heteroatoms. The van der Waals surface area contributed by atoms with Gasteiger partial charge in [0.1, 0.15) is 5.75 Å². The number of primary amides is 1. The summed E-state index contributed by atoms with van der Waals surface area (Å²) in [6.45, 7) is 2.69. The number of nitrogens with two attached hydrogens (primary N) is 1. The summed E-state index contributed by atoms with van der Waals surface area (Å²) >= 11 is 9.55. The summed E-state index contributed by atoms with van der Waals surface area (Å²) in [5.74, 6) is 0.0476. The molecule has 106 valence electrons. The van der Waals surface area contributed by atoms with Crippen LogP contribution in [0.4, 0.5) is 0 Å². The molecule has 1 aromatic heterocycles. The van der Waals surface area contributed by atoms with Crippen molar-refractivity contribution in [3.8, 4) is 5.75 Å². The van der Waals surface area contributed by atoms with Crippen LogP contribution in [0.3, 0.4) is 0 Å². The summed E-state index contributed by atoms with van der Waals surface area (Å²) in [6, 6.07) is 3.49. The van der Waals surface area contributed by atoms with Crippen LogP contribution in [-0.4, -0.2) is 17.5 Å². The number of halogens is 2. The van der Waals surface area contributed by atoms with Gasteiger partial charge in [-0.1, -0.05) is 24.9 Å². The van der Waals surface area contributed by atoms with E-state index in [-0.39, 0.29) is 0 Å². The zero-order valence-electron chi connectivity index (χ0n) is 11.0. The predicted octanol–water partition coefficient (Wildman–Crippen LogP) is 3.93. The van der Waals surface area contributed by atoms with Crippen molar-refractivity contribution in [2.24, 2.45) is 5.73 Å². The lowest BCUT2D eigenvalue weighted by Crippen LogP contribution is -2.12. The Morgan fingerprint density at radius 3 is 2.90 bits per heavy atom. The first-order chi connectivity index (χ1) is 9.54. The second kappa shape index (κ2) is 6.41. The number of benzene rings is 1. The van der Waals surface area contributed by atoms with Gasteiger partial charge in [0, 0.05) is 16.1 Å². The van der Waals surface area contributed by atoms with E-state index in [1.807, 2.05) is 0 Å². The largest absolute Gasteiger partial charge is 0.492 e. The van der Waals surface area contributed by atoms with Gasteiger partial charge in [0.05, 0.1) is 22.7 Å². The maximum atomic E-state index is 11.3. The highest BCUT2D eigenvalue weighted by atomic mass is 79.9. The zero-order valence-corrected chi connectivity index (χ0v) is 13.3. The number of carbonyl (C=O) groups is 1. The van der Waals surface area contributed by atoms with E-state index in [0.29, 0.717) is 32.9 Å². The molecule has 0 aliphatic heterocycles. The quantitative estimate of drug-likeness (QED) is 0.825. The summed E-state index contributed by atoms with van der Waals surface area (Å²) in [7, 11) is 0. The molecule has 0 aliphatic rings. The van der Waals surface area contributed by atoms with Crippen LogP contribution in [0.1, 0.15) is 30.1 Å². The Bertz CT molecular complexity index is 661. The molecule has 0 aliphatic carbocycles. The molecule has 2 aromatic rings. The molecular formula is C14H14BrClN2O2. The van der Waals surface area contributed by atoms with Crippen molar-refractivity contribution in [2.75, 3.05) is 6.61 Å². The summed E-state index contributed by atoms with van der Waals surface area (Å²) in [6.07, 6.45) is 3.43. The molecule has 1 aromatic carbocycles. The fraction of sp³-hybridized carbons (Fsp3) is 0.286. The first-order valence-corrected chi connectivity index (χ1v) is 7.42. The molecule has 0 spiro atoms. The number of amides is 1. The number of pyridine rings is 1. The molecule has 0 radical (unpaired) electrons. The topological polar surface area (TPSA) is 65.2 Å². The molecule has 4 nitrogen and oxygen atoms in total. The van der Waals surface area contributed by atoms with Crippen LogP contribution in [0.15, 0.2) is 22.8 Å². The molecule has 0 bridgehead atoms. The van der Waals surface area contributed by atoms with Gasteiger partial charge in [0.15, 0.2) is 0 Å². The third-order valence-electron chi connectivity index (χ3n) is 2.88. The van der Waals surface area contributed by atoms with Gasteiger partial charge in [0.25, 0.3) is 5.91 Å². The predicted molar refractivity (Wildman–Crippen MR) is 83.4 cm³/mol. The number of hydrogen-bond donors (Lipinski definition) is 1. The monoisotopic (exact) mass is 356 g/mol. The summed E-state index contributed by atoms with van der Waals surface area (Å²) < 4.78 is 6.25. The van der Waals surface area contributed by atoms with Crippen LogP contribution >= 0.6 is 27.5 Å². The zero-order chi connectivity index (χ0) is 14.7. The van der Waals surface area contributed by atoms with E-state index >= 15 is 0 Å². The highest BCUT2D eigenvalue weighted by Gasteiger charge is 2.13. The third-order valence-corrected chi connectivity index (χ3v) is 4.03. The number of ether oxygens (including phenoxy) is 1. The van der Waals surface area contributed by atoms with Crippen molar-refractivity contribution in [1.29, 1.82) is 0 Å². The highest BCUT2D eigenvalue weighted by molar-refractivity contribution is 9.10. The third kappa shape index (κ3) is 3.04. The lowest BCUT2D eigenvalue weighted by molar-refractivity contribution is 0.0999. The number of hydrogen-bond acceptors (Lipinski definition) is 3. The van der Waals surface area contributed by atoms with Gasteiger partial charge in [-0.2, -0.15) is 0 Å². The van der Waals surface area contributed by atoms with Crippen molar-refractivity contribution < 1.29 is 9.53 Å². The van der Waals surface area contributed by atoms with Crippen LogP contribution in [0.2, 0.25) is 5.02 Å². The van der Waals surface area contributed by atoms with E-state index in [4.69, 9.17) is 22.1 Å². The SMILES string of the molecule is CCCCOc1cc2c(Br)c(C(N)=O)cnc2cc1Cl. The Balaban J connectivity index is 2.48. The Kier molecular flexibility index (Phi) is 4.83. The normalized spacial score (nSPS) is 10.8. The van der Waals surface area contributed by atoms with E-state index in [0.717, 1.165) is 18.2 Å². The van der Waals surface area contributed by atoms with Crippen molar-refractivity contribution in [1.82, 2.24) is 4.98 Å². The molecule has 0 fully saturated rings. The number of fused-ring (bicyclic) bond motifs is 1. The second-order valence-corrected chi connectivity index (χ2v) is 5.55. The van der Waals surface area contributed by atoms with Gasteiger partial charge in [-0.05, 0) is 34.5 Å². The van der Waals surface area contributed by atoms with Crippen LogP contribution < -0.4 is 10.5 Å². The average molecular weight is 358 g/mol. The number of nitrogens with zero attached hydrogens (tertiary/aromatic N) is 1. The Morgan fingerprint density at radius 2 is 2.25 bits per heavy atom. The smallest absolute Gasteiger partial charge is 0.251 e. The number of carbonyl (C=O) groups excluding carboxylic acids is 1. The molecule has 0 saturated carbocycles. The minimum Gasteiger partial charge on any atom is -0.492 e. The molecule has 0 unspecified atom stereocenters. The Labute approximate surface area is 130 Å². The van der Waals surface area contributed by atoms with Crippen molar-refractivity contribution >= 4 is 44.3 Å². The Morgan fingerprint density at radius 1 is 1.50 bits per heavy atom. The highest BCUT2D eigenvalue weighted by Crippen LogP contribution is 2.34. The minimum atomic E-state index is -0.533. The molecule has 1 heterocycles. The summed E-state index contributed by atoms with van der Waals surface area (Å²) in [5.41, 5.74) is 6.31. The minimum absolute atomic E-state index is 0.333. The Hall–Kier alpha value is -1.33.